The Morgan fingerprint density at radius 1 is 1.17 bits per heavy atom. The van der Waals surface area contributed by atoms with Gasteiger partial charge in [-0.05, 0) is 41.5 Å². The normalized spacial score (nSPS) is 10.5. The summed E-state index contributed by atoms with van der Waals surface area (Å²) < 4.78 is 11.1. The molecule has 7 heteroatoms. The van der Waals surface area contributed by atoms with Gasteiger partial charge in [-0.1, -0.05) is 23.7 Å². The number of guanidine groups is 1. The minimum Gasteiger partial charge on any atom is -0.493 e. The van der Waals surface area contributed by atoms with E-state index in [0.29, 0.717) is 23.1 Å². The third kappa shape index (κ3) is 5.19. The summed E-state index contributed by atoms with van der Waals surface area (Å²) in [6.07, 6.45) is 1.52. The van der Waals surface area contributed by atoms with Crippen LogP contribution >= 0.6 is 11.6 Å². The largest absolute Gasteiger partial charge is 0.493 e. The van der Waals surface area contributed by atoms with Crippen LogP contribution in [0.1, 0.15) is 11.1 Å². The van der Waals surface area contributed by atoms with Crippen molar-refractivity contribution in [2.75, 3.05) is 7.11 Å². The van der Waals surface area contributed by atoms with E-state index in [9.17, 15) is 0 Å². The zero-order valence-electron chi connectivity index (χ0n) is 12.6. The highest BCUT2D eigenvalue weighted by atomic mass is 35.5. The van der Waals surface area contributed by atoms with E-state index in [1.54, 1.807) is 19.2 Å². The SMILES string of the molecule is COc1ccc(C=NN=C(N)N)cc1OCc1cccc(Cl)c1. The summed E-state index contributed by atoms with van der Waals surface area (Å²) in [5.41, 5.74) is 12.2. The number of hydrogen-bond acceptors (Lipinski definition) is 4. The van der Waals surface area contributed by atoms with Gasteiger partial charge >= 0.3 is 0 Å². The number of methoxy groups -OCH3 is 1. The molecule has 2 aromatic carbocycles. The second-order valence-corrected chi connectivity index (χ2v) is 5.03. The number of benzene rings is 2. The Balaban J connectivity index is 2.15. The van der Waals surface area contributed by atoms with Crippen LogP contribution in [0.4, 0.5) is 0 Å². The highest BCUT2D eigenvalue weighted by molar-refractivity contribution is 6.30. The molecule has 0 aliphatic rings. The standard InChI is InChI=1S/C16H17ClN4O2/c1-22-14-6-5-11(9-20-21-16(18)19)8-15(14)23-10-12-3-2-4-13(17)7-12/h2-9H,10H2,1H3,(H4,18,19,21). The van der Waals surface area contributed by atoms with E-state index in [4.69, 9.17) is 32.5 Å². The number of nitrogens with two attached hydrogens (primary N) is 2. The molecular weight excluding hydrogens is 316 g/mol. The molecule has 0 spiro atoms. The van der Waals surface area contributed by atoms with Crippen LogP contribution in [0.5, 0.6) is 11.5 Å². The van der Waals surface area contributed by atoms with Crippen LogP contribution < -0.4 is 20.9 Å². The van der Waals surface area contributed by atoms with Crippen LogP contribution in [0.2, 0.25) is 5.02 Å². The molecule has 0 saturated carbocycles. The third-order valence-corrected chi connectivity index (χ3v) is 3.09. The minimum atomic E-state index is -0.104. The lowest BCUT2D eigenvalue weighted by Crippen LogP contribution is -2.21. The Hall–Kier alpha value is -2.73. The molecular formula is C16H17ClN4O2. The predicted octanol–water partition coefficient (Wildman–Crippen LogP) is 2.53. The summed E-state index contributed by atoms with van der Waals surface area (Å²) in [5, 5.41) is 7.98. The van der Waals surface area contributed by atoms with Gasteiger partial charge in [-0.2, -0.15) is 5.10 Å². The summed E-state index contributed by atoms with van der Waals surface area (Å²) in [7, 11) is 1.58. The van der Waals surface area contributed by atoms with Gasteiger partial charge in [-0.25, -0.2) is 0 Å². The van der Waals surface area contributed by atoms with Crippen molar-refractivity contribution in [3.8, 4) is 11.5 Å². The topological polar surface area (TPSA) is 95.2 Å². The molecule has 120 valence electrons. The van der Waals surface area contributed by atoms with Crippen molar-refractivity contribution in [2.45, 2.75) is 6.61 Å². The molecule has 0 aromatic heterocycles. The van der Waals surface area contributed by atoms with Crippen molar-refractivity contribution in [1.29, 1.82) is 0 Å². The van der Waals surface area contributed by atoms with Crippen LogP contribution in [0.3, 0.4) is 0 Å². The van der Waals surface area contributed by atoms with Crippen LogP contribution in [0.25, 0.3) is 0 Å². The average Bonchev–Trinajstić information content (AvgIpc) is 2.53. The fraction of sp³-hybridized carbons (Fsp3) is 0.125. The molecule has 23 heavy (non-hydrogen) atoms. The Labute approximate surface area is 139 Å². The van der Waals surface area contributed by atoms with E-state index in [0.717, 1.165) is 11.1 Å². The molecule has 0 saturated heterocycles. The van der Waals surface area contributed by atoms with Gasteiger partial charge in [-0.15, -0.1) is 5.10 Å². The molecule has 4 N–H and O–H groups in total. The monoisotopic (exact) mass is 332 g/mol. The number of rotatable bonds is 6. The summed E-state index contributed by atoms with van der Waals surface area (Å²) in [4.78, 5) is 0. The molecule has 2 aromatic rings. The lowest BCUT2D eigenvalue weighted by atomic mass is 10.2. The van der Waals surface area contributed by atoms with Gasteiger partial charge in [0.25, 0.3) is 0 Å². The van der Waals surface area contributed by atoms with Crippen molar-refractivity contribution in [3.63, 3.8) is 0 Å². The highest BCUT2D eigenvalue weighted by Crippen LogP contribution is 2.28. The highest BCUT2D eigenvalue weighted by Gasteiger charge is 2.06. The van der Waals surface area contributed by atoms with E-state index < -0.39 is 0 Å². The molecule has 0 aliphatic carbocycles. The maximum Gasteiger partial charge on any atom is 0.211 e. The van der Waals surface area contributed by atoms with Crippen LogP contribution in [-0.2, 0) is 6.61 Å². The minimum absolute atomic E-state index is 0.104. The summed E-state index contributed by atoms with van der Waals surface area (Å²) in [6.45, 7) is 0.366. The maximum atomic E-state index is 5.96. The molecule has 0 unspecified atom stereocenters. The lowest BCUT2D eigenvalue weighted by molar-refractivity contribution is 0.284. The second-order valence-electron chi connectivity index (χ2n) is 4.60. The molecule has 0 amide bonds. The molecule has 0 atom stereocenters. The van der Waals surface area contributed by atoms with Gasteiger partial charge in [0.05, 0.1) is 13.3 Å². The van der Waals surface area contributed by atoms with Crippen molar-refractivity contribution in [3.05, 3.63) is 58.6 Å². The number of ether oxygens (including phenoxy) is 2. The first-order valence-electron chi connectivity index (χ1n) is 6.75. The maximum absolute atomic E-state index is 5.96. The Kier molecular flexibility index (Phi) is 5.82. The van der Waals surface area contributed by atoms with Gasteiger partial charge in [0.2, 0.25) is 5.96 Å². The number of halogens is 1. The van der Waals surface area contributed by atoms with Crippen LogP contribution in [-0.4, -0.2) is 19.3 Å². The zero-order chi connectivity index (χ0) is 16.7. The quantitative estimate of drug-likeness (QED) is 0.482. The smallest absolute Gasteiger partial charge is 0.211 e. The first kappa shape index (κ1) is 16.6. The van der Waals surface area contributed by atoms with Gasteiger partial charge in [0.15, 0.2) is 11.5 Å². The van der Waals surface area contributed by atoms with Gasteiger partial charge < -0.3 is 20.9 Å². The van der Waals surface area contributed by atoms with E-state index in [1.807, 2.05) is 30.3 Å². The van der Waals surface area contributed by atoms with E-state index in [2.05, 4.69) is 10.2 Å². The van der Waals surface area contributed by atoms with Crippen LogP contribution in [0.15, 0.2) is 52.7 Å². The fourth-order valence-electron chi connectivity index (χ4n) is 1.84. The molecule has 0 aliphatic heterocycles. The van der Waals surface area contributed by atoms with Crippen molar-refractivity contribution >= 4 is 23.8 Å². The van der Waals surface area contributed by atoms with Gasteiger partial charge in [0, 0.05) is 5.02 Å². The number of hydrogen-bond donors (Lipinski definition) is 2. The molecule has 0 heterocycles. The molecule has 0 bridgehead atoms. The summed E-state index contributed by atoms with van der Waals surface area (Å²) in [6, 6.07) is 12.8. The summed E-state index contributed by atoms with van der Waals surface area (Å²) >= 11 is 5.96. The summed E-state index contributed by atoms with van der Waals surface area (Å²) in [5.74, 6) is 1.10. The number of nitrogens with zero attached hydrogens (tertiary/aromatic N) is 2. The van der Waals surface area contributed by atoms with Gasteiger partial charge in [-0.3, -0.25) is 0 Å². The van der Waals surface area contributed by atoms with E-state index in [-0.39, 0.29) is 5.96 Å². The van der Waals surface area contributed by atoms with Crippen LogP contribution in [0, 0.1) is 0 Å². The lowest BCUT2D eigenvalue weighted by Gasteiger charge is -2.11. The van der Waals surface area contributed by atoms with Crippen molar-refractivity contribution in [1.82, 2.24) is 0 Å². The molecule has 0 fully saturated rings. The first-order chi connectivity index (χ1) is 11.1. The predicted molar refractivity (Wildman–Crippen MR) is 92.2 cm³/mol. The first-order valence-corrected chi connectivity index (χ1v) is 7.13. The molecule has 0 radical (unpaired) electrons. The fourth-order valence-corrected chi connectivity index (χ4v) is 2.05. The van der Waals surface area contributed by atoms with Crippen molar-refractivity contribution in [2.24, 2.45) is 21.7 Å². The molecule has 2 rings (SSSR count). The molecule has 6 nitrogen and oxygen atoms in total. The van der Waals surface area contributed by atoms with E-state index in [1.165, 1.54) is 6.21 Å². The second kappa shape index (κ2) is 8.05. The Bertz CT molecular complexity index is 728. The Morgan fingerprint density at radius 3 is 2.70 bits per heavy atom. The van der Waals surface area contributed by atoms with E-state index >= 15 is 0 Å². The zero-order valence-corrected chi connectivity index (χ0v) is 13.3. The average molecular weight is 333 g/mol. The third-order valence-electron chi connectivity index (χ3n) is 2.85. The Morgan fingerprint density at radius 2 is 2.00 bits per heavy atom. The van der Waals surface area contributed by atoms with Crippen molar-refractivity contribution < 1.29 is 9.47 Å². The van der Waals surface area contributed by atoms with Gasteiger partial charge in [0.1, 0.15) is 6.61 Å².